The first-order valence-electron chi connectivity index (χ1n) is 9.17. The van der Waals surface area contributed by atoms with Crippen molar-refractivity contribution in [2.24, 2.45) is 0 Å². The van der Waals surface area contributed by atoms with E-state index >= 15 is 0 Å². The Morgan fingerprint density at radius 1 is 1.03 bits per heavy atom. The van der Waals surface area contributed by atoms with Crippen LogP contribution in [-0.4, -0.2) is 29.2 Å². The molecule has 6 nitrogen and oxygen atoms in total. The summed E-state index contributed by atoms with van der Waals surface area (Å²) in [6.07, 6.45) is 0.168. The van der Waals surface area contributed by atoms with Crippen molar-refractivity contribution in [3.05, 3.63) is 64.6 Å². The number of carbonyl (C=O) groups is 2. The quantitative estimate of drug-likeness (QED) is 0.433. The summed E-state index contributed by atoms with van der Waals surface area (Å²) in [6, 6.07) is 14.1. The van der Waals surface area contributed by atoms with Crippen molar-refractivity contribution in [3.63, 3.8) is 0 Å². The maximum Gasteiger partial charge on any atom is 0.234 e. The molecular weight excluding hydrogens is 442 g/mol. The largest absolute Gasteiger partial charge is 0.494 e. The van der Waals surface area contributed by atoms with Crippen LogP contribution in [0.5, 0.6) is 5.75 Å². The summed E-state index contributed by atoms with van der Waals surface area (Å²) in [5, 5.41) is 8.09. The van der Waals surface area contributed by atoms with E-state index in [1.54, 1.807) is 36.4 Å². The number of rotatable bonds is 9. The van der Waals surface area contributed by atoms with Gasteiger partial charge in [-0.15, -0.1) is 11.3 Å². The molecule has 0 fully saturated rings. The number of ether oxygens (including phenoxy) is 1. The van der Waals surface area contributed by atoms with Gasteiger partial charge in [-0.25, -0.2) is 4.98 Å². The second kappa shape index (κ2) is 11.0. The highest BCUT2D eigenvalue weighted by Gasteiger charge is 2.11. The molecule has 0 bridgehead atoms. The Morgan fingerprint density at radius 3 is 2.33 bits per heavy atom. The number of hydrogen-bond acceptors (Lipinski definition) is 6. The number of nitrogens with one attached hydrogen (secondary N) is 2. The van der Waals surface area contributed by atoms with Crippen LogP contribution < -0.4 is 15.4 Å². The Hall–Kier alpha value is -2.55. The standard InChI is InChI=1S/C21H20ClN3O3S2/c1-2-28-18-9-7-16(8-10-18)23-19(26)11-17-12-29-21(25-17)30-13-20(27)24-15-5-3-14(22)4-6-15/h3-10,12H,2,11,13H2,1H3,(H,23,26)(H,24,27). The van der Waals surface area contributed by atoms with Gasteiger partial charge in [-0.3, -0.25) is 9.59 Å². The minimum Gasteiger partial charge on any atom is -0.494 e. The van der Waals surface area contributed by atoms with Gasteiger partial charge in [0.2, 0.25) is 11.8 Å². The fraction of sp³-hybridized carbons (Fsp3) is 0.190. The lowest BCUT2D eigenvalue weighted by Crippen LogP contribution is -2.14. The maximum absolute atomic E-state index is 12.2. The van der Waals surface area contributed by atoms with Crippen LogP contribution in [-0.2, 0) is 16.0 Å². The molecule has 0 aliphatic rings. The van der Waals surface area contributed by atoms with Crippen molar-refractivity contribution < 1.29 is 14.3 Å². The van der Waals surface area contributed by atoms with E-state index in [0.29, 0.717) is 28.7 Å². The summed E-state index contributed by atoms with van der Waals surface area (Å²) in [6.45, 7) is 2.51. The topological polar surface area (TPSA) is 80.3 Å². The summed E-state index contributed by atoms with van der Waals surface area (Å²) in [5.41, 5.74) is 2.06. The molecule has 2 amide bonds. The van der Waals surface area contributed by atoms with E-state index in [2.05, 4.69) is 15.6 Å². The molecule has 3 aromatic rings. The van der Waals surface area contributed by atoms with E-state index in [1.807, 2.05) is 24.4 Å². The van der Waals surface area contributed by atoms with Gasteiger partial charge in [0.25, 0.3) is 0 Å². The Labute approximate surface area is 188 Å². The number of amides is 2. The summed E-state index contributed by atoms with van der Waals surface area (Å²) < 4.78 is 6.13. The SMILES string of the molecule is CCOc1ccc(NC(=O)Cc2csc(SCC(=O)Nc3ccc(Cl)cc3)n2)cc1. The molecule has 0 unspecified atom stereocenters. The molecule has 1 heterocycles. The minimum atomic E-state index is -0.151. The number of carbonyl (C=O) groups excluding carboxylic acids is 2. The first kappa shape index (κ1) is 22.1. The van der Waals surface area contributed by atoms with Crippen molar-refractivity contribution in [3.8, 4) is 5.75 Å². The van der Waals surface area contributed by atoms with E-state index in [0.717, 1.165) is 10.1 Å². The highest BCUT2D eigenvalue weighted by molar-refractivity contribution is 8.01. The lowest BCUT2D eigenvalue weighted by molar-refractivity contribution is -0.116. The van der Waals surface area contributed by atoms with Crippen molar-refractivity contribution >= 4 is 57.9 Å². The van der Waals surface area contributed by atoms with Crippen molar-refractivity contribution in [2.45, 2.75) is 17.7 Å². The molecular formula is C21H20ClN3O3S2. The van der Waals surface area contributed by atoms with E-state index in [9.17, 15) is 9.59 Å². The third-order valence-corrected chi connectivity index (χ3v) is 6.10. The van der Waals surface area contributed by atoms with Crippen LogP contribution >= 0.6 is 34.7 Å². The van der Waals surface area contributed by atoms with E-state index in [1.165, 1.54) is 23.1 Å². The lowest BCUT2D eigenvalue weighted by Gasteiger charge is -2.06. The van der Waals surface area contributed by atoms with Crippen LogP contribution in [0.15, 0.2) is 58.3 Å². The van der Waals surface area contributed by atoms with Gasteiger partial charge in [-0.1, -0.05) is 23.4 Å². The number of thioether (sulfide) groups is 1. The Bertz CT molecular complexity index is 991. The smallest absolute Gasteiger partial charge is 0.234 e. The number of hydrogen-bond donors (Lipinski definition) is 2. The average Bonchev–Trinajstić information content (AvgIpc) is 3.17. The molecule has 0 spiro atoms. The van der Waals surface area contributed by atoms with Crippen LogP contribution in [0.3, 0.4) is 0 Å². The van der Waals surface area contributed by atoms with Gasteiger partial charge >= 0.3 is 0 Å². The third kappa shape index (κ3) is 7.05. The predicted molar refractivity (Wildman–Crippen MR) is 123 cm³/mol. The van der Waals surface area contributed by atoms with Crippen LogP contribution in [0.1, 0.15) is 12.6 Å². The van der Waals surface area contributed by atoms with Gasteiger partial charge in [-0.05, 0) is 55.5 Å². The van der Waals surface area contributed by atoms with Crippen LogP contribution in [0, 0.1) is 0 Å². The molecule has 0 saturated carbocycles. The van der Waals surface area contributed by atoms with Crippen LogP contribution in [0.4, 0.5) is 11.4 Å². The van der Waals surface area contributed by atoms with Gasteiger partial charge in [0, 0.05) is 21.8 Å². The first-order valence-corrected chi connectivity index (χ1v) is 11.4. The second-order valence-corrected chi connectivity index (χ2v) is 8.65. The zero-order valence-corrected chi connectivity index (χ0v) is 18.6. The van der Waals surface area contributed by atoms with Gasteiger partial charge in [0.15, 0.2) is 4.34 Å². The molecule has 1 aromatic heterocycles. The molecule has 0 aliphatic heterocycles. The molecule has 2 aromatic carbocycles. The van der Waals surface area contributed by atoms with Crippen molar-refractivity contribution in [1.82, 2.24) is 4.98 Å². The monoisotopic (exact) mass is 461 g/mol. The molecule has 0 saturated heterocycles. The molecule has 156 valence electrons. The number of nitrogens with zero attached hydrogens (tertiary/aromatic N) is 1. The minimum absolute atomic E-state index is 0.132. The summed E-state index contributed by atoms with van der Waals surface area (Å²) in [4.78, 5) is 28.7. The molecule has 3 rings (SSSR count). The lowest BCUT2D eigenvalue weighted by atomic mass is 10.2. The second-order valence-electron chi connectivity index (χ2n) is 6.13. The van der Waals surface area contributed by atoms with Crippen LogP contribution in [0.2, 0.25) is 5.02 Å². The number of thiazole rings is 1. The zero-order valence-electron chi connectivity index (χ0n) is 16.2. The van der Waals surface area contributed by atoms with E-state index in [4.69, 9.17) is 16.3 Å². The summed E-state index contributed by atoms with van der Waals surface area (Å²) in [5.74, 6) is 0.707. The van der Waals surface area contributed by atoms with Gasteiger partial charge in [0.05, 0.1) is 24.5 Å². The summed E-state index contributed by atoms with van der Waals surface area (Å²) in [7, 11) is 0. The van der Waals surface area contributed by atoms with Crippen molar-refractivity contribution in [2.75, 3.05) is 23.0 Å². The number of aromatic nitrogens is 1. The molecule has 30 heavy (non-hydrogen) atoms. The Kier molecular flexibility index (Phi) is 8.12. The Morgan fingerprint density at radius 2 is 1.67 bits per heavy atom. The van der Waals surface area contributed by atoms with Gasteiger partial charge in [-0.2, -0.15) is 0 Å². The van der Waals surface area contributed by atoms with Gasteiger partial charge < -0.3 is 15.4 Å². The number of halogens is 1. The maximum atomic E-state index is 12.2. The predicted octanol–water partition coefficient (Wildman–Crippen LogP) is 5.11. The zero-order chi connectivity index (χ0) is 21.3. The molecule has 9 heteroatoms. The molecule has 2 N–H and O–H groups in total. The number of anilines is 2. The van der Waals surface area contributed by atoms with Crippen molar-refractivity contribution in [1.29, 1.82) is 0 Å². The van der Waals surface area contributed by atoms with Gasteiger partial charge in [0.1, 0.15) is 5.75 Å². The number of benzene rings is 2. The molecule has 0 aliphatic carbocycles. The molecule has 0 radical (unpaired) electrons. The van der Waals surface area contributed by atoms with E-state index in [-0.39, 0.29) is 24.0 Å². The van der Waals surface area contributed by atoms with Crippen LogP contribution in [0.25, 0.3) is 0 Å². The highest BCUT2D eigenvalue weighted by atomic mass is 35.5. The molecule has 0 atom stereocenters. The fourth-order valence-electron chi connectivity index (χ4n) is 2.46. The fourth-order valence-corrected chi connectivity index (χ4v) is 4.23. The summed E-state index contributed by atoms with van der Waals surface area (Å²) >= 11 is 8.58. The first-order chi connectivity index (χ1) is 14.5. The highest BCUT2D eigenvalue weighted by Crippen LogP contribution is 2.24. The van der Waals surface area contributed by atoms with E-state index < -0.39 is 0 Å². The Balaban J connectivity index is 1.44. The third-order valence-electron chi connectivity index (χ3n) is 3.78. The average molecular weight is 462 g/mol. The normalized spacial score (nSPS) is 10.5.